The molecule has 1 aliphatic rings. The van der Waals surface area contributed by atoms with E-state index in [0.717, 1.165) is 41.5 Å². The fourth-order valence-corrected chi connectivity index (χ4v) is 5.20. The van der Waals surface area contributed by atoms with Crippen LogP contribution in [-0.2, 0) is 20.0 Å². The van der Waals surface area contributed by atoms with Crippen LogP contribution in [0.5, 0.6) is 5.75 Å². The summed E-state index contributed by atoms with van der Waals surface area (Å²) in [4.78, 5) is 21.0. The van der Waals surface area contributed by atoms with Crippen LogP contribution in [0.1, 0.15) is 50.0 Å². The standard InChI is InChI=1S/C27H31N3O3/c1-5-18-14-19-25(32)23(27-28-21-11-6-7-12-22(21)29(27)4)17(3)33-26(19)20(24(18)31)15-30-13-9-8-10-16(30)2/h6-7,11-12,14,16,31H,5,8-10,13,15H2,1-4H3/t16-/m1/s1. The number of para-hydroxylation sites is 2. The summed E-state index contributed by atoms with van der Waals surface area (Å²) in [7, 11) is 1.92. The van der Waals surface area contributed by atoms with E-state index in [4.69, 9.17) is 9.40 Å². The molecule has 0 saturated carbocycles. The summed E-state index contributed by atoms with van der Waals surface area (Å²) >= 11 is 0. The fourth-order valence-electron chi connectivity index (χ4n) is 5.20. The van der Waals surface area contributed by atoms with Crippen molar-refractivity contribution in [2.75, 3.05) is 6.54 Å². The van der Waals surface area contributed by atoms with Crippen molar-refractivity contribution in [1.29, 1.82) is 0 Å². The molecule has 0 amide bonds. The number of hydrogen-bond donors (Lipinski definition) is 1. The first-order chi connectivity index (χ1) is 15.9. The van der Waals surface area contributed by atoms with Crippen LogP contribution in [0.3, 0.4) is 0 Å². The Hall–Kier alpha value is -3.12. The molecule has 0 spiro atoms. The molecule has 1 saturated heterocycles. The molecule has 0 unspecified atom stereocenters. The summed E-state index contributed by atoms with van der Waals surface area (Å²) in [5.41, 5.74) is 4.16. The van der Waals surface area contributed by atoms with Crippen LogP contribution in [-0.4, -0.2) is 32.1 Å². The fraction of sp³-hybridized carbons (Fsp3) is 0.407. The predicted octanol–water partition coefficient (Wildman–Crippen LogP) is 5.30. The van der Waals surface area contributed by atoms with Crippen LogP contribution >= 0.6 is 0 Å². The molecule has 4 aromatic rings. The van der Waals surface area contributed by atoms with Gasteiger partial charge in [0.15, 0.2) is 0 Å². The minimum Gasteiger partial charge on any atom is -0.507 e. The highest BCUT2D eigenvalue weighted by atomic mass is 16.3. The van der Waals surface area contributed by atoms with Crippen molar-refractivity contribution in [3.8, 4) is 17.1 Å². The normalized spacial score (nSPS) is 17.3. The van der Waals surface area contributed by atoms with Crippen molar-refractivity contribution in [2.45, 2.75) is 59.0 Å². The van der Waals surface area contributed by atoms with E-state index in [2.05, 4.69) is 11.8 Å². The van der Waals surface area contributed by atoms with Crippen molar-refractivity contribution < 1.29 is 9.52 Å². The SMILES string of the molecule is CCc1cc2c(=O)c(-c3nc4ccccc4n3C)c(C)oc2c(CN2CCCC[C@H]2C)c1O. The molecule has 33 heavy (non-hydrogen) atoms. The van der Waals surface area contributed by atoms with E-state index < -0.39 is 0 Å². The molecule has 0 aliphatic carbocycles. The van der Waals surface area contributed by atoms with Gasteiger partial charge in [0.25, 0.3) is 0 Å². The monoisotopic (exact) mass is 445 g/mol. The van der Waals surface area contributed by atoms with E-state index in [-0.39, 0.29) is 11.2 Å². The zero-order valence-corrected chi connectivity index (χ0v) is 19.8. The molecule has 2 aromatic heterocycles. The number of likely N-dealkylation sites (tertiary alicyclic amines) is 1. The zero-order chi connectivity index (χ0) is 23.3. The number of fused-ring (bicyclic) bond motifs is 2. The summed E-state index contributed by atoms with van der Waals surface area (Å²) in [6, 6.07) is 10.1. The number of piperidine rings is 1. The highest BCUT2D eigenvalue weighted by Gasteiger charge is 2.26. The van der Waals surface area contributed by atoms with Crippen LogP contribution in [0.2, 0.25) is 0 Å². The van der Waals surface area contributed by atoms with Crippen LogP contribution in [0, 0.1) is 6.92 Å². The lowest BCUT2D eigenvalue weighted by Gasteiger charge is -2.33. The first kappa shape index (κ1) is 21.7. The van der Waals surface area contributed by atoms with Crippen molar-refractivity contribution in [2.24, 2.45) is 7.05 Å². The summed E-state index contributed by atoms with van der Waals surface area (Å²) in [6.07, 6.45) is 4.16. The number of aryl methyl sites for hydroxylation is 3. The van der Waals surface area contributed by atoms with Gasteiger partial charge in [0.05, 0.1) is 22.0 Å². The Morgan fingerprint density at radius 3 is 2.76 bits per heavy atom. The van der Waals surface area contributed by atoms with Crippen LogP contribution in [0.15, 0.2) is 39.5 Å². The van der Waals surface area contributed by atoms with Crippen molar-refractivity contribution >= 4 is 22.0 Å². The molecule has 3 heterocycles. The lowest BCUT2D eigenvalue weighted by Crippen LogP contribution is -2.36. The van der Waals surface area contributed by atoms with Crippen LogP contribution in [0.25, 0.3) is 33.4 Å². The van der Waals surface area contributed by atoms with E-state index in [0.29, 0.717) is 47.1 Å². The number of phenols is 1. The molecular formula is C27H31N3O3. The Labute approximate surface area is 193 Å². The van der Waals surface area contributed by atoms with Gasteiger partial charge in [-0.05, 0) is 63.4 Å². The molecule has 1 atom stereocenters. The molecule has 5 rings (SSSR count). The predicted molar refractivity (Wildman–Crippen MR) is 132 cm³/mol. The highest BCUT2D eigenvalue weighted by Crippen LogP contribution is 2.35. The summed E-state index contributed by atoms with van der Waals surface area (Å²) in [6.45, 7) is 7.60. The highest BCUT2D eigenvalue weighted by molar-refractivity contribution is 5.88. The first-order valence-electron chi connectivity index (χ1n) is 11.9. The van der Waals surface area contributed by atoms with E-state index in [1.807, 2.05) is 49.7 Å². The van der Waals surface area contributed by atoms with Gasteiger partial charge in [-0.2, -0.15) is 0 Å². The number of imidazole rings is 1. The minimum atomic E-state index is -0.102. The van der Waals surface area contributed by atoms with Crippen molar-refractivity contribution in [1.82, 2.24) is 14.5 Å². The second kappa shape index (κ2) is 8.34. The Morgan fingerprint density at radius 1 is 1.24 bits per heavy atom. The number of aromatic nitrogens is 2. The number of phenolic OH excluding ortho intramolecular Hbond substituents is 1. The van der Waals surface area contributed by atoms with Crippen molar-refractivity contribution in [3.05, 3.63) is 57.4 Å². The largest absolute Gasteiger partial charge is 0.507 e. The average molecular weight is 446 g/mol. The zero-order valence-electron chi connectivity index (χ0n) is 19.8. The molecule has 0 bridgehead atoms. The van der Waals surface area contributed by atoms with Gasteiger partial charge in [-0.3, -0.25) is 9.69 Å². The van der Waals surface area contributed by atoms with Gasteiger partial charge in [-0.1, -0.05) is 25.5 Å². The topological polar surface area (TPSA) is 71.5 Å². The summed E-state index contributed by atoms with van der Waals surface area (Å²) < 4.78 is 8.27. The molecule has 6 nitrogen and oxygen atoms in total. The van der Waals surface area contributed by atoms with Gasteiger partial charge >= 0.3 is 0 Å². The summed E-state index contributed by atoms with van der Waals surface area (Å²) in [5, 5.41) is 11.6. The Bertz CT molecular complexity index is 1420. The molecule has 1 aliphatic heterocycles. The first-order valence-corrected chi connectivity index (χ1v) is 11.9. The number of aromatic hydroxyl groups is 1. The molecular weight excluding hydrogens is 414 g/mol. The Morgan fingerprint density at radius 2 is 2.03 bits per heavy atom. The second-order valence-electron chi connectivity index (χ2n) is 9.25. The molecule has 2 aromatic carbocycles. The Balaban J connectivity index is 1.74. The lowest BCUT2D eigenvalue weighted by molar-refractivity contribution is 0.151. The third kappa shape index (κ3) is 3.53. The maximum absolute atomic E-state index is 13.9. The average Bonchev–Trinajstić information content (AvgIpc) is 3.13. The van der Waals surface area contributed by atoms with Gasteiger partial charge in [-0.15, -0.1) is 0 Å². The van der Waals surface area contributed by atoms with Crippen LogP contribution < -0.4 is 5.43 Å². The third-order valence-electron chi connectivity index (χ3n) is 7.20. The third-order valence-corrected chi connectivity index (χ3v) is 7.20. The van der Waals surface area contributed by atoms with E-state index in [1.165, 1.54) is 6.42 Å². The molecule has 172 valence electrons. The van der Waals surface area contributed by atoms with E-state index >= 15 is 0 Å². The molecule has 0 radical (unpaired) electrons. The molecule has 1 N–H and O–H groups in total. The van der Waals surface area contributed by atoms with E-state index in [9.17, 15) is 9.90 Å². The Kier molecular flexibility index (Phi) is 5.49. The number of hydrogen-bond acceptors (Lipinski definition) is 5. The molecule has 1 fully saturated rings. The van der Waals surface area contributed by atoms with Crippen molar-refractivity contribution in [3.63, 3.8) is 0 Å². The maximum atomic E-state index is 13.9. The second-order valence-corrected chi connectivity index (χ2v) is 9.25. The number of nitrogens with zero attached hydrogens (tertiary/aromatic N) is 3. The quantitative estimate of drug-likeness (QED) is 0.462. The maximum Gasteiger partial charge on any atom is 0.203 e. The number of benzene rings is 2. The van der Waals surface area contributed by atoms with Gasteiger partial charge in [0, 0.05) is 19.6 Å². The minimum absolute atomic E-state index is 0.102. The van der Waals surface area contributed by atoms with Gasteiger partial charge in [0.1, 0.15) is 28.5 Å². The summed E-state index contributed by atoms with van der Waals surface area (Å²) in [5.74, 6) is 1.37. The smallest absolute Gasteiger partial charge is 0.203 e. The van der Waals surface area contributed by atoms with Gasteiger partial charge in [0.2, 0.25) is 5.43 Å². The number of rotatable bonds is 4. The van der Waals surface area contributed by atoms with E-state index in [1.54, 1.807) is 6.07 Å². The van der Waals surface area contributed by atoms with Gasteiger partial charge in [-0.25, -0.2) is 4.98 Å². The van der Waals surface area contributed by atoms with Crippen LogP contribution in [0.4, 0.5) is 0 Å². The lowest BCUT2D eigenvalue weighted by atomic mass is 9.98. The molecule has 6 heteroatoms. The van der Waals surface area contributed by atoms with Gasteiger partial charge < -0.3 is 14.1 Å².